The van der Waals surface area contributed by atoms with Crippen LogP contribution in [0.15, 0.2) is 54.7 Å². The van der Waals surface area contributed by atoms with Gasteiger partial charge in [0.05, 0.1) is 0 Å². The van der Waals surface area contributed by atoms with E-state index < -0.39 is 21.5 Å². The first kappa shape index (κ1) is 19.6. The molecule has 1 amide bonds. The molecule has 4 rings (SSSR count). The summed E-state index contributed by atoms with van der Waals surface area (Å²) in [5, 5.41) is 0.391. The molecule has 2 heterocycles. The summed E-state index contributed by atoms with van der Waals surface area (Å²) in [4.78, 5) is 16.7. The van der Waals surface area contributed by atoms with Gasteiger partial charge >= 0.3 is 16.2 Å². The van der Waals surface area contributed by atoms with Gasteiger partial charge in [-0.2, -0.15) is 8.42 Å². The Hall–Kier alpha value is -2.71. The number of amides is 1. The molecule has 0 aliphatic carbocycles. The maximum atomic E-state index is 12.7. The van der Waals surface area contributed by atoms with Crippen molar-refractivity contribution in [2.75, 3.05) is 13.1 Å². The van der Waals surface area contributed by atoms with Gasteiger partial charge in [-0.1, -0.05) is 29.8 Å². The molecule has 0 saturated carbocycles. The van der Waals surface area contributed by atoms with Crippen molar-refractivity contribution in [1.82, 2.24) is 9.88 Å². The fraction of sp³-hybridized carbons (Fsp3) is 0.250. The predicted molar refractivity (Wildman–Crippen MR) is 110 cm³/mol. The molecule has 0 atom stereocenters. The highest BCUT2D eigenvalue weighted by Crippen LogP contribution is 2.31. The van der Waals surface area contributed by atoms with E-state index >= 15 is 0 Å². The molecule has 1 aromatic heterocycles. The number of carbonyl (C=O) groups excluding carboxylic acids is 1. The van der Waals surface area contributed by atoms with E-state index in [1.54, 1.807) is 42.5 Å². The maximum Gasteiger partial charge on any atom is 0.415 e. The summed E-state index contributed by atoms with van der Waals surface area (Å²) in [6, 6.07) is 13.9. The number of halogens is 1. The number of nitrogens with one attached hydrogen (secondary N) is 1. The van der Waals surface area contributed by atoms with Crippen LogP contribution in [-0.2, 0) is 10.1 Å². The van der Waals surface area contributed by atoms with Gasteiger partial charge in [0.1, 0.15) is 11.0 Å². The normalized spacial score (nSPS) is 15.4. The third kappa shape index (κ3) is 4.33. The lowest BCUT2D eigenvalue weighted by Gasteiger charge is -2.30. The smallest absolute Gasteiger partial charge is 0.410 e. The van der Waals surface area contributed by atoms with Crippen LogP contribution in [0.5, 0.6) is 11.5 Å². The molecule has 1 aliphatic heterocycles. The molecule has 0 unspecified atom stereocenters. The Labute approximate surface area is 173 Å². The van der Waals surface area contributed by atoms with Gasteiger partial charge in [-0.15, -0.1) is 0 Å². The number of likely N-dealkylation sites (tertiary alicyclic amines) is 1. The van der Waals surface area contributed by atoms with E-state index in [-0.39, 0.29) is 31.7 Å². The third-order valence-electron chi connectivity index (χ3n) is 4.87. The Kier molecular flexibility index (Phi) is 5.38. The van der Waals surface area contributed by atoms with E-state index in [2.05, 4.69) is 4.98 Å². The number of hydrogen-bond acceptors (Lipinski definition) is 5. The van der Waals surface area contributed by atoms with E-state index in [0.29, 0.717) is 16.2 Å². The largest absolute Gasteiger partial charge is 0.415 e. The lowest BCUT2D eigenvalue weighted by Crippen LogP contribution is -2.44. The molecule has 0 spiro atoms. The van der Waals surface area contributed by atoms with Crippen molar-refractivity contribution in [3.8, 4) is 11.5 Å². The van der Waals surface area contributed by atoms with Gasteiger partial charge in [-0.25, -0.2) is 4.79 Å². The van der Waals surface area contributed by atoms with Crippen LogP contribution >= 0.6 is 11.6 Å². The Morgan fingerprint density at radius 2 is 1.83 bits per heavy atom. The Morgan fingerprint density at radius 1 is 1.10 bits per heavy atom. The molecule has 9 heteroatoms. The van der Waals surface area contributed by atoms with Gasteiger partial charge in [0, 0.05) is 35.2 Å². The average molecular weight is 435 g/mol. The third-order valence-corrected chi connectivity index (χ3v) is 6.80. The van der Waals surface area contributed by atoms with E-state index in [0.717, 1.165) is 5.52 Å². The summed E-state index contributed by atoms with van der Waals surface area (Å²) in [7, 11) is -3.86. The van der Waals surface area contributed by atoms with E-state index in [4.69, 9.17) is 20.5 Å². The first-order chi connectivity index (χ1) is 13.9. The highest BCUT2D eigenvalue weighted by Gasteiger charge is 2.34. The van der Waals surface area contributed by atoms with E-state index in [1.165, 1.54) is 11.1 Å². The monoisotopic (exact) mass is 434 g/mol. The Bertz CT molecular complexity index is 1120. The fourth-order valence-electron chi connectivity index (χ4n) is 3.31. The summed E-state index contributed by atoms with van der Waals surface area (Å²) in [6.45, 7) is 0.553. The summed E-state index contributed by atoms with van der Waals surface area (Å²) in [5.74, 6) is 0.669. The van der Waals surface area contributed by atoms with Crippen molar-refractivity contribution >= 4 is 38.7 Å². The molecule has 29 heavy (non-hydrogen) atoms. The van der Waals surface area contributed by atoms with Gasteiger partial charge in [0.15, 0.2) is 5.75 Å². The summed E-state index contributed by atoms with van der Waals surface area (Å²) >= 11 is 6.00. The minimum absolute atomic E-state index is 0.216. The zero-order valence-electron chi connectivity index (χ0n) is 15.4. The first-order valence-electron chi connectivity index (χ1n) is 9.14. The van der Waals surface area contributed by atoms with Crippen LogP contribution in [0.3, 0.4) is 0 Å². The van der Waals surface area contributed by atoms with Crippen molar-refractivity contribution < 1.29 is 22.1 Å². The molecule has 1 saturated heterocycles. The SMILES string of the molecule is O=C(Oc1ccccc1)N1CCC(S(=O)(=O)Oc2c[nH]c3ccc(Cl)cc23)CC1. The number of hydrogen-bond donors (Lipinski definition) is 1. The lowest BCUT2D eigenvalue weighted by atomic mass is 10.1. The van der Waals surface area contributed by atoms with Crippen LogP contribution in [0.1, 0.15) is 12.8 Å². The minimum atomic E-state index is -3.86. The lowest BCUT2D eigenvalue weighted by molar-refractivity contribution is 0.142. The molecule has 0 radical (unpaired) electrons. The number of fused-ring (bicyclic) bond motifs is 1. The standard InChI is InChI=1S/C20H19ClN2O5S/c21-14-6-7-18-17(12-14)19(13-22-18)28-29(25,26)16-8-10-23(11-9-16)20(24)27-15-4-2-1-3-5-15/h1-7,12-13,16,22H,8-11H2. The number of aromatic amines is 1. The van der Waals surface area contributed by atoms with Crippen molar-refractivity contribution in [1.29, 1.82) is 0 Å². The highest BCUT2D eigenvalue weighted by atomic mass is 35.5. The van der Waals surface area contributed by atoms with Crippen LogP contribution in [0.4, 0.5) is 4.79 Å². The molecule has 1 N–H and O–H groups in total. The zero-order chi connectivity index (χ0) is 20.4. The van der Waals surface area contributed by atoms with Gasteiger partial charge < -0.3 is 18.8 Å². The quantitative estimate of drug-likeness (QED) is 0.622. The molecule has 0 bridgehead atoms. The average Bonchev–Trinajstić information content (AvgIpc) is 3.10. The number of ether oxygens (including phenoxy) is 1. The van der Waals surface area contributed by atoms with Crippen LogP contribution in [0.25, 0.3) is 10.9 Å². The number of rotatable bonds is 4. The maximum absolute atomic E-state index is 12.7. The second kappa shape index (κ2) is 7.96. The molecular weight excluding hydrogens is 416 g/mol. The zero-order valence-corrected chi connectivity index (χ0v) is 16.9. The number of para-hydroxylation sites is 1. The number of nitrogens with zero attached hydrogens (tertiary/aromatic N) is 1. The summed E-state index contributed by atoms with van der Waals surface area (Å²) in [5.41, 5.74) is 0.734. The molecule has 2 aromatic carbocycles. The first-order valence-corrected chi connectivity index (χ1v) is 11.0. The summed E-state index contributed by atoms with van der Waals surface area (Å²) in [6.07, 6.45) is 1.56. The fourth-order valence-corrected chi connectivity index (χ4v) is 4.79. The molecule has 152 valence electrons. The second-order valence-electron chi connectivity index (χ2n) is 6.79. The van der Waals surface area contributed by atoms with Crippen LogP contribution < -0.4 is 8.92 Å². The molecule has 1 aliphatic rings. The predicted octanol–water partition coefficient (Wildman–Crippen LogP) is 4.19. The number of carbonyl (C=O) groups is 1. The van der Waals surface area contributed by atoms with Crippen molar-refractivity contribution in [3.05, 3.63) is 59.8 Å². The number of aromatic nitrogens is 1. The van der Waals surface area contributed by atoms with Crippen LogP contribution in [0.2, 0.25) is 5.02 Å². The Balaban J connectivity index is 1.39. The molecular formula is C20H19ClN2O5S. The molecule has 1 fully saturated rings. The van der Waals surface area contributed by atoms with Gasteiger partial charge in [0.2, 0.25) is 0 Å². The van der Waals surface area contributed by atoms with Crippen molar-refractivity contribution in [3.63, 3.8) is 0 Å². The van der Waals surface area contributed by atoms with Crippen molar-refractivity contribution in [2.24, 2.45) is 0 Å². The van der Waals surface area contributed by atoms with E-state index in [9.17, 15) is 13.2 Å². The van der Waals surface area contributed by atoms with Crippen molar-refractivity contribution in [2.45, 2.75) is 18.1 Å². The topological polar surface area (TPSA) is 88.7 Å². The van der Waals surface area contributed by atoms with Crippen LogP contribution in [-0.4, -0.2) is 42.7 Å². The van der Waals surface area contributed by atoms with Gasteiger partial charge in [0.25, 0.3) is 0 Å². The van der Waals surface area contributed by atoms with Crippen LogP contribution in [0, 0.1) is 0 Å². The molecule has 3 aromatic rings. The number of piperidine rings is 1. The second-order valence-corrected chi connectivity index (χ2v) is 9.04. The number of H-pyrrole nitrogens is 1. The van der Waals surface area contributed by atoms with Gasteiger partial charge in [-0.05, 0) is 43.2 Å². The minimum Gasteiger partial charge on any atom is -0.410 e. The molecule has 7 nitrogen and oxygen atoms in total. The highest BCUT2D eigenvalue weighted by molar-refractivity contribution is 7.87. The Morgan fingerprint density at radius 3 is 2.55 bits per heavy atom. The number of benzene rings is 2. The summed E-state index contributed by atoms with van der Waals surface area (Å²) < 4.78 is 36.2. The van der Waals surface area contributed by atoms with Gasteiger partial charge in [-0.3, -0.25) is 0 Å². The van der Waals surface area contributed by atoms with E-state index in [1.807, 2.05) is 6.07 Å².